The average Bonchev–Trinajstić information content (AvgIpc) is 2.96. The van der Waals surface area contributed by atoms with Crippen molar-refractivity contribution in [3.8, 4) is 5.75 Å². The Morgan fingerprint density at radius 3 is 2.76 bits per heavy atom. The van der Waals surface area contributed by atoms with Crippen molar-refractivity contribution in [2.45, 2.75) is 19.2 Å². The summed E-state index contributed by atoms with van der Waals surface area (Å²) in [6.07, 6.45) is 0. The first-order chi connectivity index (χ1) is 11.9. The summed E-state index contributed by atoms with van der Waals surface area (Å²) in [5, 5.41) is 8.96. The highest BCUT2D eigenvalue weighted by atomic mass is 35.5. The van der Waals surface area contributed by atoms with Crippen molar-refractivity contribution in [1.29, 1.82) is 0 Å². The van der Waals surface area contributed by atoms with E-state index in [4.69, 9.17) is 16.3 Å². The Balaban J connectivity index is 2.05. The third kappa shape index (κ3) is 3.40. The van der Waals surface area contributed by atoms with E-state index in [-0.39, 0.29) is 17.0 Å². The number of halogens is 1. The number of ether oxygens (including phenoxy) is 1. The molecule has 1 unspecified atom stereocenters. The van der Waals surface area contributed by atoms with Crippen LogP contribution in [0.15, 0.2) is 29.4 Å². The molecule has 2 amide bonds. The number of fused-ring (bicyclic) bond motifs is 1. The number of amides is 2. The minimum atomic E-state index is -0.505. The molecule has 25 heavy (non-hydrogen) atoms. The third-order valence-corrected chi connectivity index (χ3v) is 4.91. The second-order valence-electron chi connectivity index (χ2n) is 5.32. The molecule has 1 aromatic carbocycles. The van der Waals surface area contributed by atoms with Crippen LogP contribution in [-0.4, -0.2) is 34.1 Å². The second-order valence-corrected chi connectivity index (χ2v) is 6.75. The standard InChI is InChI=1S/C16H15ClN4O3S/c1-8(22)18-16-20-21(9(2)23)15(25-16)11-7-10-5-4-6-12(24-3)13(10)19-14(11)17/h4-7,15H,1-3H3,(H,18,20,22). The Kier molecular flexibility index (Phi) is 4.82. The normalized spacial score (nSPS) is 16.7. The number of hydrogen-bond donors (Lipinski definition) is 1. The number of hydrazone groups is 1. The van der Waals surface area contributed by atoms with Gasteiger partial charge in [0.1, 0.15) is 21.8 Å². The zero-order valence-electron chi connectivity index (χ0n) is 13.7. The van der Waals surface area contributed by atoms with Gasteiger partial charge < -0.3 is 10.1 Å². The van der Waals surface area contributed by atoms with Crippen molar-refractivity contribution in [2.24, 2.45) is 5.10 Å². The first-order valence-corrected chi connectivity index (χ1v) is 8.62. The Morgan fingerprint density at radius 2 is 2.12 bits per heavy atom. The SMILES string of the molecule is COc1cccc2cc(C3SC(NC(C)=O)=NN3C(C)=O)c(Cl)nc12. The molecule has 1 aliphatic heterocycles. The lowest BCUT2D eigenvalue weighted by Crippen LogP contribution is -2.25. The van der Waals surface area contributed by atoms with E-state index in [0.29, 0.717) is 22.0 Å². The molecule has 1 aliphatic rings. The lowest BCUT2D eigenvalue weighted by molar-refractivity contribution is -0.129. The van der Waals surface area contributed by atoms with Gasteiger partial charge in [0.15, 0.2) is 5.17 Å². The number of amidine groups is 1. The third-order valence-electron chi connectivity index (χ3n) is 3.52. The van der Waals surface area contributed by atoms with Crippen molar-refractivity contribution in [3.05, 3.63) is 35.0 Å². The van der Waals surface area contributed by atoms with Gasteiger partial charge in [-0.15, -0.1) is 5.10 Å². The molecule has 0 radical (unpaired) electrons. The largest absolute Gasteiger partial charge is 0.494 e. The van der Waals surface area contributed by atoms with Crippen LogP contribution < -0.4 is 10.1 Å². The average molecular weight is 379 g/mol. The van der Waals surface area contributed by atoms with Gasteiger partial charge >= 0.3 is 0 Å². The van der Waals surface area contributed by atoms with Crippen LogP contribution in [0.1, 0.15) is 24.8 Å². The summed E-state index contributed by atoms with van der Waals surface area (Å²) >= 11 is 7.61. The molecule has 0 bridgehead atoms. The van der Waals surface area contributed by atoms with E-state index in [2.05, 4.69) is 15.4 Å². The fourth-order valence-corrected chi connectivity index (χ4v) is 3.93. The highest BCUT2D eigenvalue weighted by Gasteiger charge is 2.34. The van der Waals surface area contributed by atoms with E-state index < -0.39 is 5.37 Å². The number of para-hydroxylation sites is 1. The number of rotatable bonds is 2. The number of hydrogen-bond acceptors (Lipinski definition) is 6. The number of aromatic nitrogens is 1. The quantitative estimate of drug-likeness (QED) is 0.812. The molecule has 1 N–H and O–H groups in total. The predicted octanol–water partition coefficient (Wildman–Crippen LogP) is 2.90. The highest BCUT2D eigenvalue weighted by Crippen LogP contribution is 2.42. The Hall–Kier alpha value is -2.32. The van der Waals surface area contributed by atoms with Gasteiger partial charge in [-0.1, -0.05) is 35.5 Å². The molecule has 1 aromatic heterocycles. The van der Waals surface area contributed by atoms with Gasteiger partial charge in [0.05, 0.1) is 7.11 Å². The summed E-state index contributed by atoms with van der Waals surface area (Å²) < 4.78 is 5.31. The molecule has 2 heterocycles. The van der Waals surface area contributed by atoms with Crippen molar-refractivity contribution in [2.75, 3.05) is 7.11 Å². The molecule has 3 rings (SSSR count). The van der Waals surface area contributed by atoms with E-state index in [1.54, 1.807) is 13.2 Å². The number of benzene rings is 1. The van der Waals surface area contributed by atoms with E-state index in [1.165, 1.54) is 30.6 Å². The summed E-state index contributed by atoms with van der Waals surface area (Å²) in [7, 11) is 1.57. The number of nitrogens with one attached hydrogen (secondary N) is 1. The van der Waals surface area contributed by atoms with Crippen molar-refractivity contribution in [3.63, 3.8) is 0 Å². The minimum absolute atomic E-state index is 0.250. The monoisotopic (exact) mass is 378 g/mol. The molecule has 0 aliphatic carbocycles. The number of nitrogens with zero attached hydrogens (tertiary/aromatic N) is 3. The van der Waals surface area contributed by atoms with Gasteiger partial charge in [0.2, 0.25) is 11.8 Å². The van der Waals surface area contributed by atoms with Crippen molar-refractivity contribution >= 4 is 51.2 Å². The van der Waals surface area contributed by atoms with Crippen molar-refractivity contribution < 1.29 is 14.3 Å². The molecule has 0 saturated heterocycles. The number of carbonyl (C=O) groups is 2. The fourth-order valence-electron chi connectivity index (χ4n) is 2.47. The zero-order chi connectivity index (χ0) is 18.1. The fraction of sp³-hybridized carbons (Fsp3) is 0.250. The number of pyridine rings is 1. The van der Waals surface area contributed by atoms with Crippen LogP contribution in [0.3, 0.4) is 0 Å². The van der Waals surface area contributed by atoms with Crippen LogP contribution in [0.5, 0.6) is 5.75 Å². The van der Waals surface area contributed by atoms with E-state index >= 15 is 0 Å². The molecule has 0 spiro atoms. The molecule has 2 aromatic rings. The molecule has 0 fully saturated rings. The smallest absolute Gasteiger partial charge is 0.241 e. The Labute approximate surface area is 153 Å². The van der Waals surface area contributed by atoms with Gasteiger partial charge in [-0.05, 0) is 12.1 Å². The highest BCUT2D eigenvalue weighted by molar-refractivity contribution is 8.14. The van der Waals surface area contributed by atoms with Crippen LogP contribution in [0.2, 0.25) is 5.15 Å². The summed E-state index contributed by atoms with van der Waals surface area (Å²) in [6, 6.07) is 7.39. The summed E-state index contributed by atoms with van der Waals surface area (Å²) in [6.45, 7) is 2.78. The minimum Gasteiger partial charge on any atom is -0.494 e. The number of carbonyl (C=O) groups excluding carboxylic acids is 2. The van der Waals surface area contributed by atoms with Gasteiger partial charge in [-0.25, -0.2) is 9.99 Å². The molecule has 9 heteroatoms. The Bertz CT molecular complexity index is 902. The van der Waals surface area contributed by atoms with Crippen molar-refractivity contribution in [1.82, 2.24) is 15.3 Å². The molecule has 0 saturated carbocycles. The van der Waals surface area contributed by atoms with E-state index in [9.17, 15) is 9.59 Å². The summed E-state index contributed by atoms with van der Waals surface area (Å²) in [5.74, 6) is 0.0890. The molecule has 1 atom stereocenters. The summed E-state index contributed by atoms with van der Waals surface area (Å²) in [4.78, 5) is 27.6. The molecule has 130 valence electrons. The van der Waals surface area contributed by atoms with Crippen LogP contribution >= 0.6 is 23.4 Å². The van der Waals surface area contributed by atoms with Gasteiger partial charge in [-0.3, -0.25) is 9.59 Å². The predicted molar refractivity (Wildman–Crippen MR) is 97.4 cm³/mol. The van der Waals surface area contributed by atoms with Gasteiger partial charge in [0, 0.05) is 24.8 Å². The Morgan fingerprint density at radius 1 is 1.36 bits per heavy atom. The maximum Gasteiger partial charge on any atom is 0.241 e. The first kappa shape index (κ1) is 17.5. The maximum absolute atomic E-state index is 11.9. The molecular weight excluding hydrogens is 364 g/mol. The number of methoxy groups -OCH3 is 1. The van der Waals surface area contributed by atoms with Crippen LogP contribution in [0.4, 0.5) is 0 Å². The molecular formula is C16H15ClN4O3S. The number of thioether (sulfide) groups is 1. The first-order valence-electron chi connectivity index (χ1n) is 7.36. The molecule has 7 nitrogen and oxygen atoms in total. The van der Waals surface area contributed by atoms with E-state index in [1.807, 2.05) is 18.2 Å². The van der Waals surface area contributed by atoms with Crippen LogP contribution in [-0.2, 0) is 9.59 Å². The lowest BCUT2D eigenvalue weighted by atomic mass is 10.1. The summed E-state index contributed by atoms with van der Waals surface area (Å²) in [5.41, 5.74) is 1.27. The van der Waals surface area contributed by atoms with Crippen LogP contribution in [0.25, 0.3) is 10.9 Å². The van der Waals surface area contributed by atoms with Crippen LogP contribution in [0, 0.1) is 0 Å². The zero-order valence-corrected chi connectivity index (χ0v) is 15.3. The topological polar surface area (TPSA) is 83.9 Å². The lowest BCUT2D eigenvalue weighted by Gasteiger charge is -2.20. The van der Waals surface area contributed by atoms with Gasteiger partial charge in [0.25, 0.3) is 0 Å². The second kappa shape index (κ2) is 6.89. The van der Waals surface area contributed by atoms with E-state index in [0.717, 1.165) is 5.39 Å². The maximum atomic E-state index is 11.9. The van der Waals surface area contributed by atoms with Gasteiger partial charge in [-0.2, -0.15) is 0 Å².